The van der Waals surface area contributed by atoms with Crippen LogP contribution in [0.15, 0.2) is 24.3 Å². The zero-order valence-corrected chi connectivity index (χ0v) is 12.2. The van der Waals surface area contributed by atoms with E-state index in [2.05, 4.69) is 5.32 Å². The summed E-state index contributed by atoms with van der Waals surface area (Å²) in [7, 11) is 1.91. The summed E-state index contributed by atoms with van der Waals surface area (Å²) in [5, 5.41) is 3.15. The van der Waals surface area contributed by atoms with E-state index in [9.17, 15) is 9.18 Å². The van der Waals surface area contributed by atoms with E-state index in [0.717, 1.165) is 31.5 Å². The highest BCUT2D eigenvalue weighted by atomic mass is 19.1. The van der Waals surface area contributed by atoms with Gasteiger partial charge in [-0.1, -0.05) is 19.1 Å². The molecular formula is C16H23FN2O. The van der Waals surface area contributed by atoms with Gasteiger partial charge < -0.3 is 10.2 Å². The molecule has 1 heterocycles. The fraction of sp³-hybridized carbons (Fsp3) is 0.562. The molecule has 2 rings (SSSR count). The zero-order chi connectivity index (χ0) is 14.5. The summed E-state index contributed by atoms with van der Waals surface area (Å²) in [6, 6.07) is 6.82. The lowest BCUT2D eigenvalue weighted by molar-refractivity contribution is -0.135. The fourth-order valence-electron chi connectivity index (χ4n) is 2.96. The Labute approximate surface area is 120 Å². The summed E-state index contributed by atoms with van der Waals surface area (Å²) in [6.07, 6.45) is 2.74. The number of benzene rings is 1. The number of amides is 1. The number of halogens is 1. The van der Waals surface area contributed by atoms with E-state index in [-0.39, 0.29) is 17.6 Å². The van der Waals surface area contributed by atoms with Gasteiger partial charge in [0.2, 0.25) is 5.91 Å². The molecule has 0 aliphatic carbocycles. The Morgan fingerprint density at radius 1 is 1.55 bits per heavy atom. The Morgan fingerprint density at radius 3 is 3.05 bits per heavy atom. The van der Waals surface area contributed by atoms with E-state index < -0.39 is 0 Å². The average molecular weight is 278 g/mol. The minimum absolute atomic E-state index is 0.103. The first-order valence-electron chi connectivity index (χ1n) is 7.31. The highest BCUT2D eigenvalue weighted by molar-refractivity contribution is 5.79. The first-order chi connectivity index (χ1) is 9.61. The summed E-state index contributed by atoms with van der Waals surface area (Å²) >= 11 is 0. The van der Waals surface area contributed by atoms with Gasteiger partial charge >= 0.3 is 0 Å². The van der Waals surface area contributed by atoms with Crippen molar-refractivity contribution >= 4 is 5.91 Å². The number of carbonyl (C=O) groups excluding carboxylic acids is 1. The largest absolute Gasteiger partial charge is 0.338 e. The molecule has 2 unspecified atom stereocenters. The first-order valence-corrected chi connectivity index (χ1v) is 7.31. The topological polar surface area (TPSA) is 32.3 Å². The van der Waals surface area contributed by atoms with Crippen molar-refractivity contribution in [2.75, 3.05) is 20.1 Å². The molecule has 1 aliphatic heterocycles. The van der Waals surface area contributed by atoms with Gasteiger partial charge in [0.1, 0.15) is 5.82 Å². The van der Waals surface area contributed by atoms with E-state index in [4.69, 9.17) is 0 Å². The molecule has 1 amide bonds. The van der Waals surface area contributed by atoms with E-state index in [1.165, 1.54) is 12.1 Å². The van der Waals surface area contributed by atoms with Crippen molar-refractivity contribution in [2.24, 2.45) is 5.92 Å². The molecule has 1 fully saturated rings. The van der Waals surface area contributed by atoms with Crippen LogP contribution in [-0.2, 0) is 11.2 Å². The van der Waals surface area contributed by atoms with Gasteiger partial charge in [-0.05, 0) is 44.0 Å². The number of carbonyl (C=O) groups is 1. The molecule has 0 spiro atoms. The SMILES string of the molecule is CNCC1CCCN1C(=O)C(C)Cc1cccc(F)c1. The van der Waals surface area contributed by atoms with Gasteiger partial charge in [0.05, 0.1) is 0 Å². The maximum Gasteiger partial charge on any atom is 0.226 e. The smallest absolute Gasteiger partial charge is 0.226 e. The summed E-state index contributed by atoms with van der Waals surface area (Å²) in [5.41, 5.74) is 0.884. The highest BCUT2D eigenvalue weighted by Crippen LogP contribution is 2.21. The van der Waals surface area contributed by atoms with Gasteiger partial charge in [-0.3, -0.25) is 4.79 Å². The quantitative estimate of drug-likeness (QED) is 0.895. The Kier molecular flexibility index (Phi) is 5.12. The number of rotatable bonds is 5. The lowest BCUT2D eigenvalue weighted by Gasteiger charge is -2.27. The third-order valence-corrected chi connectivity index (χ3v) is 3.95. The number of nitrogens with zero attached hydrogens (tertiary/aromatic N) is 1. The van der Waals surface area contributed by atoms with Gasteiger partial charge in [-0.15, -0.1) is 0 Å². The standard InChI is InChI=1S/C16H23FN2O/c1-12(9-13-5-3-6-14(17)10-13)16(20)19-8-4-7-15(19)11-18-2/h3,5-6,10,12,15,18H,4,7-9,11H2,1-2H3. The van der Waals surface area contributed by atoms with Crippen LogP contribution in [0.25, 0.3) is 0 Å². The molecule has 3 nitrogen and oxygen atoms in total. The molecule has 2 atom stereocenters. The van der Waals surface area contributed by atoms with Crippen molar-refractivity contribution < 1.29 is 9.18 Å². The molecule has 0 radical (unpaired) electrons. The fourth-order valence-corrected chi connectivity index (χ4v) is 2.96. The highest BCUT2D eigenvalue weighted by Gasteiger charge is 2.30. The van der Waals surface area contributed by atoms with Crippen LogP contribution in [0.1, 0.15) is 25.3 Å². The number of hydrogen-bond acceptors (Lipinski definition) is 2. The second-order valence-corrected chi connectivity index (χ2v) is 5.62. The average Bonchev–Trinajstić information content (AvgIpc) is 2.86. The Morgan fingerprint density at radius 2 is 2.35 bits per heavy atom. The Hall–Kier alpha value is -1.42. The third-order valence-electron chi connectivity index (χ3n) is 3.95. The van der Waals surface area contributed by atoms with Crippen LogP contribution in [0.4, 0.5) is 4.39 Å². The van der Waals surface area contributed by atoms with Crippen molar-refractivity contribution in [3.8, 4) is 0 Å². The van der Waals surface area contributed by atoms with Crippen LogP contribution in [-0.4, -0.2) is 37.0 Å². The van der Waals surface area contributed by atoms with E-state index in [1.807, 2.05) is 24.9 Å². The van der Waals surface area contributed by atoms with Gasteiger partial charge in [0.15, 0.2) is 0 Å². The van der Waals surface area contributed by atoms with Crippen LogP contribution in [0, 0.1) is 11.7 Å². The lowest BCUT2D eigenvalue weighted by atomic mass is 9.99. The molecular weight excluding hydrogens is 255 g/mol. The van der Waals surface area contributed by atoms with Crippen LogP contribution < -0.4 is 5.32 Å². The van der Waals surface area contributed by atoms with Crippen molar-refractivity contribution in [2.45, 2.75) is 32.2 Å². The predicted molar refractivity (Wildman–Crippen MR) is 77.9 cm³/mol. The third kappa shape index (κ3) is 3.57. The molecule has 1 aromatic carbocycles. The molecule has 0 saturated carbocycles. The molecule has 4 heteroatoms. The summed E-state index contributed by atoms with van der Waals surface area (Å²) < 4.78 is 13.2. The van der Waals surface area contributed by atoms with E-state index >= 15 is 0 Å². The molecule has 1 aromatic rings. The molecule has 0 bridgehead atoms. The molecule has 0 aromatic heterocycles. The van der Waals surface area contributed by atoms with Crippen LogP contribution in [0.2, 0.25) is 0 Å². The molecule has 20 heavy (non-hydrogen) atoms. The summed E-state index contributed by atoms with van der Waals surface area (Å²) in [6.45, 7) is 3.62. The van der Waals surface area contributed by atoms with Gasteiger partial charge in [0.25, 0.3) is 0 Å². The van der Waals surface area contributed by atoms with E-state index in [1.54, 1.807) is 6.07 Å². The zero-order valence-electron chi connectivity index (χ0n) is 12.2. The van der Waals surface area contributed by atoms with Gasteiger partial charge in [-0.2, -0.15) is 0 Å². The normalized spacial score (nSPS) is 20.1. The Bertz CT molecular complexity index is 464. The number of likely N-dealkylation sites (tertiary alicyclic amines) is 1. The predicted octanol–water partition coefficient (Wildman–Crippen LogP) is 2.21. The van der Waals surface area contributed by atoms with E-state index in [0.29, 0.717) is 12.5 Å². The molecule has 1 aliphatic rings. The monoisotopic (exact) mass is 278 g/mol. The van der Waals surface area contributed by atoms with Crippen LogP contribution >= 0.6 is 0 Å². The number of nitrogens with one attached hydrogen (secondary N) is 1. The molecule has 1 N–H and O–H groups in total. The number of likely N-dealkylation sites (N-methyl/N-ethyl adjacent to an activating group) is 1. The molecule has 110 valence electrons. The van der Waals surface area contributed by atoms with Gasteiger partial charge in [0, 0.05) is 25.0 Å². The van der Waals surface area contributed by atoms with Crippen molar-refractivity contribution in [1.29, 1.82) is 0 Å². The van der Waals surface area contributed by atoms with Crippen LogP contribution in [0.3, 0.4) is 0 Å². The summed E-state index contributed by atoms with van der Waals surface area (Å²) in [5.74, 6) is -0.155. The first kappa shape index (κ1) is 15.0. The van der Waals surface area contributed by atoms with Crippen molar-refractivity contribution in [1.82, 2.24) is 10.2 Å². The minimum Gasteiger partial charge on any atom is -0.338 e. The maximum atomic E-state index is 13.2. The second-order valence-electron chi connectivity index (χ2n) is 5.62. The lowest BCUT2D eigenvalue weighted by Crippen LogP contribution is -2.43. The van der Waals surface area contributed by atoms with Crippen LogP contribution in [0.5, 0.6) is 0 Å². The maximum absolute atomic E-state index is 13.2. The minimum atomic E-state index is -0.239. The van der Waals surface area contributed by atoms with Gasteiger partial charge in [-0.25, -0.2) is 4.39 Å². The Balaban J connectivity index is 1.98. The van der Waals surface area contributed by atoms with Crippen molar-refractivity contribution in [3.63, 3.8) is 0 Å². The summed E-state index contributed by atoms with van der Waals surface area (Å²) in [4.78, 5) is 14.5. The number of hydrogen-bond donors (Lipinski definition) is 1. The molecule has 1 saturated heterocycles. The second kappa shape index (κ2) is 6.84. The van der Waals surface area contributed by atoms with Crippen molar-refractivity contribution in [3.05, 3.63) is 35.6 Å².